The van der Waals surface area contributed by atoms with Crippen molar-refractivity contribution in [2.24, 2.45) is 0 Å². The predicted octanol–water partition coefficient (Wildman–Crippen LogP) is 1.22. The van der Waals surface area contributed by atoms with Gasteiger partial charge in [-0.15, -0.1) is 0 Å². The fourth-order valence-corrected chi connectivity index (χ4v) is 2.03. The summed E-state index contributed by atoms with van der Waals surface area (Å²) in [6, 6.07) is 1.06. The van der Waals surface area contributed by atoms with Crippen LogP contribution in [0, 0.1) is 0 Å². The third-order valence-electron chi connectivity index (χ3n) is 3.30. The largest absolute Gasteiger partial charge is 0.388 e. The summed E-state index contributed by atoms with van der Waals surface area (Å²) < 4.78 is 0. The molecule has 1 fully saturated rings. The van der Waals surface area contributed by atoms with E-state index in [4.69, 9.17) is 0 Å². The summed E-state index contributed by atoms with van der Waals surface area (Å²) in [7, 11) is 0. The van der Waals surface area contributed by atoms with Gasteiger partial charge < -0.3 is 15.3 Å². The van der Waals surface area contributed by atoms with Crippen LogP contribution in [0.15, 0.2) is 0 Å². The molecular weight excluding hydrogens is 188 g/mol. The van der Waals surface area contributed by atoms with Crippen molar-refractivity contribution in [1.29, 1.82) is 0 Å². The molecule has 2 N–H and O–H groups in total. The van der Waals surface area contributed by atoms with Crippen LogP contribution >= 0.6 is 0 Å². The average molecular weight is 214 g/mol. The number of hydrogen-bond acceptors (Lipinski definition) is 3. The van der Waals surface area contributed by atoms with E-state index in [0.717, 1.165) is 32.5 Å². The van der Waals surface area contributed by atoms with E-state index in [9.17, 15) is 5.11 Å². The van der Waals surface area contributed by atoms with E-state index < -0.39 is 5.60 Å². The molecule has 15 heavy (non-hydrogen) atoms. The van der Waals surface area contributed by atoms with Gasteiger partial charge in [-0.25, -0.2) is 0 Å². The molecule has 0 aromatic heterocycles. The first kappa shape index (κ1) is 12.9. The van der Waals surface area contributed by atoms with Gasteiger partial charge >= 0.3 is 0 Å². The Morgan fingerprint density at radius 3 is 2.13 bits per heavy atom. The summed E-state index contributed by atoms with van der Waals surface area (Å²) >= 11 is 0. The van der Waals surface area contributed by atoms with Gasteiger partial charge in [0, 0.05) is 31.7 Å². The first-order chi connectivity index (χ1) is 6.93. The summed E-state index contributed by atoms with van der Waals surface area (Å²) in [4.78, 5) is 2.43. The van der Waals surface area contributed by atoms with E-state index in [1.54, 1.807) is 0 Å². The smallest absolute Gasteiger partial charge is 0.0796 e. The third-order valence-corrected chi connectivity index (χ3v) is 3.30. The van der Waals surface area contributed by atoms with Crippen LogP contribution in [-0.4, -0.2) is 47.3 Å². The molecule has 1 saturated heterocycles. The monoisotopic (exact) mass is 214 g/mol. The Balaban J connectivity index is 2.34. The van der Waals surface area contributed by atoms with E-state index in [1.807, 2.05) is 0 Å². The number of nitrogens with one attached hydrogen (secondary N) is 1. The molecule has 90 valence electrons. The lowest BCUT2D eigenvalue weighted by Gasteiger charge is -2.40. The Morgan fingerprint density at radius 2 is 1.73 bits per heavy atom. The van der Waals surface area contributed by atoms with E-state index in [1.165, 1.54) is 0 Å². The quantitative estimate of drug-likeness (QED) is 0.738. The van der Waals surface area contributed by atoms with Gasteiger partial charge in [0.25, 0.3) is 0 Å². The summed E-state index contributed by atoms with van der Waals surface area (Å²) in [5, 5.41) is 13.7. The Morgan fingerprint density at radius 1 is 1.20 bits per heavy atom. The summed E-state index contributed by atoms with van der Waals surface area (Å²) in [5.41, 5.74) is -0.477. The Bertz CT molecular complexity index is 184. The molecule has 1 heterocycles. The summed E-state index contributed by atoms with van der Waals surface area (Å²) in [5.74, 6) is 0. The van der Waals surface area contributed by atoms with Crippen molar-refractivity contribution in [3.05, 3.63) is 0 Å². The standard InChI is InChI=1S/C12H26N2O/c1-10(2)13-9-12(15)5-7-14(8-6-12)11(3)4/h10-11,13,15H,5-9H2,1-4H3. The molecule has 1 aliphatic rings. The van der Waals surface area contributed by atoms with Crippen molar-refractivity contribution in [3.63, 3.8) is 0 Å². The number of hydrogen-bond donors (Lipinski definition) is 2. The normalized spacial score (nSPS) is 22.6. The first-order valence-electron chi connectivity index (χ1n) is 6.13. The fourth-order valence-electron chi connectivity index (χ4n) is 2.03. The van der Waals surface area contributed by atoms with E-state index >= 15 is 0 Å². The van der Waals surface area contributed by atoms with Crippen LogP contribution < -0.4 is 5.32 Å². The molecule has 0 unspecified atom stereocenters. The minimum absolute atomic E-state index is 0.456. The lowest BCUT2D eigenvalue weighted by Crippen LogP contribution is -2.52. The fraction of sp³-hybridized carbons (Fsp3) is 1.00. The van der Waals surface area contributed by atoms with Crippen LogP contribution in [0.25, 0.3) is 0 Å². The number of piperidine rings is 1. The van der Waals surface area contributed by atoms with Gasteiger partial charge in [0.1, 0.15) is 0 Å². The van der Waals surface area contributed by atoms with Crippen molar-refractivity contribution in [1.82, 2.24) is 10.2 Å². The molecule has 1 rings (SSSR count). The van der Waals surface area contributed by atoms with E-state index in [0.29, 0.717) is 12.1 Å². The highest BCUT2D eigenvalue weighted by molar-refractivity contribution is 4.88. The van der Waals surface area contributed by atoms with Gasteiger partial charge in [-0.3, -0.25) is 0 Å². The number of rotatable bonds is 4. The molecule has 0 amide bonds. The zero-order chi connectivity index (χ0) is 11.5. The molecule has 0 radical (unpaired) electrons. The van der Waals surface area contributed by atoms with Crippen LogP contribution in [0.4, 0.5) is 0 Å². The van der Waals surface area contributed by atoms with Crippen molar-refractivity contribution in [2.75, 3.05) is 19.6 Å². The molecule has 0 atom stereocenters. The van der Waals surface area contributed by atoms with Gasteiger partial charge in [0.05, 0.1) is 5.60 Å². The molecule has 0 aromatic rings. The SMILES string of the molecule is CC(C)NCC1(O)CCN(C(C)C)CC1. The number of nitrogens with zero attached hydrogens (tertiary/aromatic N) is 1. The zero-order valence-electron chi connectivity index (χ0n) is 10.6. The number of aliphatic hydroxyl groups is 1. The lowest BCUT2D eigenvalue weighted by atomic mass is 9.90. The molecule has 1 aliphatic heterocycles. The molecule has 3 heteroatoms. The lowest BCUT2D eigenvalue weighted by molar-refractivity contribution is -0.0274. The Labute approximate surface area is 93.9 Å². The minimum Gasteiger partial charge on any atom is -0.388 e. The maximum Gasteiger partial charge on any atom is 0.0796 e. The van der Waals surface area contributed by atoms with Crippen molar-refractivity contribution < 1.29 is 5.11 Å². The average Bonchev–Trinajstić information content (AvgIpc) is 2.16. The molecule has 3 nitrogen and oxygen atoms in total. The Hall–Kier alpha value is -0.120. The molecule has 0 bridgehead atoms. The van der Waals surface area contributed by atoms with Crippen LogP contribution in [0.1, 0.15) is 40.5 Å². The van der Waals surface area contributed by atoms with Crippen molar-refractivity contribution in [2.45, 2.75) is 58.2 Å². The highest BCUT2D eigenvalue weighted by Crippen LogP contribution is 2.22. The molecular formula is C12H26N2O. The van der Waals surface area contributed by atoms with Gasteiger partial charge in [-0.2, -0.15) is 0 Å². The second-order valence-corrected chi connectivity index (χ2v) is 5.39. The van der Waals surface area contributed by atoms with Gasteiger partial charge in [0.2, 0.25) is 0 Å². The molecule has 0 spiro atoms. The number of likely N-dealkylation sites (tertiary alicyclic amines) is 1. The van der Waals surface area contributed by atoms with E-state index in [-0.39, 0.29) is 0 Å². The van der Waals surface area contributed by atoms with Crippen LogP contribution in [0.2, 0.25) is 0 Å². The molecule has 0 aliphatic carbocycles. The molecule has 0 aromatic carbocycles. The van der Waals surface area contributed by atoms with E-state index in [2.05, 4.69) is 37.9 Å². The second kappa shape index (κ2) is 5.28. The topological polar surface area (TPSA) is 35.5 Å². The van der Waals surface area contributed by atoms with Crippen LogP contribution in [0.3, 0.4) is 0 Å². The summed E-state index contributed by atoms with van der Waals surface area (Å²) in [6.07, 6.45) is 1.79. The zero-order valence-corrected chi connectivity index (χ0v) is 10.6. The maximum absolute atomic E-state index is 10.3. The highest BCUT2D eigenvalue weighted by atomic mass is 16.3. The van der Waals surface area contributed by atoms with Gasteiger partial charge in [0.15, 0.2) is 0 Å². The van der Waals surface area contributed by atoms with Gasteiger partial charge in [-0.1, -0.05) is 13.8 Å². The summed E-state index contributed by atoms with van der Waals surface area (Å²) in [6.45, 7) is 11.4. The molecule has 0 saturated carbocycles. The van der Waals surface area contributed by atoms with Crippen molar-refractivity contribution in [3.8, 4) is 0 Å². The predicted molar refractivity (Wildman–Crippen MR) is 64.0 cm³/mol. The highest BCUT2D eigenvalue weighted by Gasteiger charge is 2.32. The Kier molecular flexibility index (Phi) is 4.56. The first-order valence-corrected chi connectivity index (χ1v) is 6.13. The second-order valence-electron chi connectivity index (χ2n) is 5.39. The van der Waals surface area contributed by atoms with Gasteiger partial charge in [-0.05, 0) is 26.7 Å². The third kappa shape index (κ3) is 4.09. The van der Waals surface area contributed by atoms with Crippen molar-refractivity contribution >= 4 is 0 Å². The minimum atomic E-state index is -0.477. The van der Waals surface area contributed by atoms with Crippen LogP contribution in [0.5, 0.6) is 0 Å². The maximum atomic E-state index is 10.3. The van der Waals surface area contributed by atoms with Crippen LogP contribution in [-0.2, 0) is 0 Å².